The Morgan fingerprint density at radius 1 is 1.18 bits per heavy atom. The molecule has 7 heteroatoms. The van der Waals surface area contributed by atoms with Gasteiger partial charge in [0.25, 0.3) is 6.43 Å². The fourth-order valence-corrected chi connectivity index (χ4v) is 5.16. The molecule has 2 aliphatic rings. The van der Waals surface area contributed by atoms with Gasteiger partial charge in [0.05, 0.1) is 18.1 Å². The lowest BCUT2D eigenvalue weighted by molar-refractivity contribution is -0.0359. The molecule has 0 aliphatic carbocycles. The number of alkyl halides is 2. The maximum Gasteiger partial charge on any atom is 0.264 e. The summed E-state index contributed by atoms with van der Waals surface area (Å²) < 4.78 is 47.0. The molecule has 3 atom stereocenters. The average molecular weight is 405 g/mol. The number of benzene rings is 2. The highest BCUT2D eigenvalue weighted by molar-refractivity contribution is 8.14. The van der Waals surface area contributed by atoms with E-state index in [0.29, 0.717) is 16.4 Å². The molecule has 2 heterocycles. The number of halogens is 3. The first-order valence-corrected chi connectivity index (χ1v) is 9.94. The minimum Gasteiger partial charge on any atom is -0.369 e. The van der Waals surface area contributed by atoms with E-state index in [2.05, 4.69) is 4.99 Å². The fraction of sp³-hybridized carbons (Fsp3) is 0.333. The van der Waals surface area contributed by atoms with E-state index in [1.807, 2.05) is 6.07 Å². The monoisotopic (exact) mass is 405 g/mol. The average Bonchev–Trinajstić information content (AvgIpc) is 3.09. The van der Waals surface area contributed by atoms with Crippen molar-refractivity contribution in [2.45, 2.75) is 24.5 Å². The number of thioether (sulfide) groups is 1. The van der Waals surface area contributed by atoms with E-state index < -0.39 is 29.8 Å². The van der Waals surface area contributed by atoms with Crippen molar-refractivity contribution < 1.29 is 22.7 Å². The minimum atomic E-state index is -2.68. The molecule has 0 bridgehead atoms. The molecule has 0 radical (unpaired) electrons. The maximum absolute atomic E-state index is 14.6. The van der Waals surface area contributed by atoms with E-state index in [1.54, 1.807) is 42.5 Å². The first-order chi connectivity index (χ1) is 13.5. The molecule has 1 fully saturated rings. The summed E-state index contributed by atoms with van der Waals surface area (Å²) in [6.07, 6.45) is -3.93. The van der Waals surface area contributed by atoms with E-state index in [0.717, 1.165) is 0 Å². The molecule has 0 spiro atoms. The number of fused-ring (bicyclic) bond motifs is 1. The third-order valence-corrected chi connectivity index (χ3v) is 6.35. The predicted molar refractivity (Wildman–Crippen MR) is 103 cm³/mol. The Morgan fingerprint density at radius 3 is 2.61 bits per heavy atom. The highest BCUT2D eigenvalue weighted by Crippen LogP contribution is 2.50. The number of aliphatic imine (C=N–C) groups is 1. The molecule has 0 unspecified atom stereocenters. The molecular formula is C21H18F3NO2S. The Hall–Kier alpha value is -2.12. The summed E-state index contributed by atoms with van der Waals surface area (Å²) in [5, 5.41) is 0.520. The second-order valence-electron chi connectivity index (χ2n) is 6.90. The van der Waals surface area contributed by atoms with Gasteiger partial charge in [0.2, 0.25) is 0 Å². The minimum absolute atomic E-state index is 0.0525. The third kappa shape index (κ3) is 3.37. The summed E-state index contributed by atoms with van der Waals surface area (Å²) in [6.45, 7) is -0.128. The maximum atomic E-state index is 14.6. The fourth-order valence-electron chi connectivity index (χ4n) is 3.86. The number of nitrogens with zero attached hydrogens (tertiary/aromatic N) is 1. The van der Waals surface area contributed by atoms with Gasteiger partial charge in [0.1, 0.15) is 17.5 Å². The smallest absolute Gasteiger partial charge is 0.264 e. The second kappa shape index (κ2) is 7.72. The van der Waals surface area contributed by atoms with Crippen molar-refractivity contribution in [2.75, 3.05) is 12.4 Å². The van der Waals surface area contributed by atoms with E-state index in [4.69, 9.17) is 4.74 Å². The van der Waals surface area contributed by atoms with Crippen LogP contribution < -0.4 is 0 Å². The molecular weight excluding hydrogens is 387 g/mol. The molecule has 2 aromatic carbocycles. The largest absolute Gasteiger partial charge is 0.369 e. The summed E-state index contributed by atoms with van der Waals surface area (Å²) in [7, 11) is 0. The molecule has 2 aliphatic heterocycles. The molecule has 3 nitrogen and oxygen atoms in total. The van der Waals surface area contributed by atoms with Gasteiger partial charge in [0.15, 0.2) is 5.78 Å². The first kappa shape index (κ1) is 19.2. The number of Topliss-reactive ketones (excluding diaryl/α,β-unsaturated/α-hetero) is 1. The van der Waals surface area contributed by atoms with Gasteiger partial charge in [-0.15, -0.1) is 11.8 Å². The van der Waals surface area contributed by atoms with Gasteiger partial charge < -0.3 is 4.74 Å². The van der Waals surface area contributed by atoms with Crippen LogP contribution in [0.15, 0.2) is 59.6 Å². The van der Waals surface area contributed by atoms with Crippen LogP contribution in [0, 0.1) is 11.7 Å². The Balaban J connectivity index is 1.71. The van der Waals surface area contributed by atoms with Crippen LogP contribution in [0.4, 0.5) is 13.2 Å². The molecule has 0 aromatic heterocycles. The number of carbonyl (C=O) groups excluding carboxylic acids is 1. The van der Waals surface area contributed by atoms with Crippen molar-refractivity contribution in [3.05, 3.63) is 71.5 Å². The van der Waals surface area contributed by atoms with E-state index >= 15 is 0 Å². The quantitative estimate of drug-likeness (QED) is 0.676. The molecule has 0 N–H and O–H groups in total. The van der Waals surface area contributed by atoms with E-state index in [9.17, 15) is 18.0 Å². The molecule has 28 heavy (non-hydrogen) atoms. The van der Waals surface area contributed by atoms with Crippen molar-refractivity contribution in [1.29, 1.82) is 0 Å². The van der Waals surface area contributed by atoms with Gasteiger partial charge in [-0.3, -0.25) is 9.79 Å². The number of ketones is 1. The number of carbonyl (C=O) groups is 1. The first-order valence-electron chi connectivity index (χ1n) is 8.96. The predicted octanol–water partition coefficient (Wildman–Crippen LogP) is 4.72. The van der Waals surface area contributed by atoms with Crippen LogP contribution in [0.1, 0.15) is 22.3 Å². The zero-order valence-corrected chi connectivity index (χ0v) is 15.7. The summed E-state index contributed by atoms with van der Waals surface area (Å²) in [5.74, 6) is -0.983. The van der Waals surface area contributed by atoms with Crippen LogP contribution in [0.25, 0.3) is 0 Å². The van der Waals surface area contributed by atoms with Gasteiger partial charge in [0, 0.05) is 22.8 Å². The Labute approximate surface area is 165 Å². The van der Waals surface area contributed by atoms with Gasteiger partial charge in [-0.2, -0.15) is 0 Å². The summed E-state index contributed by atoms with van der Waals surface area (Å²) in [4.78, 5) is 17.2. The van der Waals surface area contributed by atoms with Crippen molar-refractivity contribution in [1.82, 2.24) is 0 Å². The molecule has 0 saturated carbocycles. The van der Waals surface area contributed by atoms with E-state index in [-0.39, 0.29) is 24.4 Å². The third-order valence-electron chi connectivity index (χ3n) is 5.26. The summed E-state index contributed by atoms with van der Waals surface area (Å²) in [6, 6.07) is 14.9. The second-order valence-corrected chi connectivity index (χ2v) is 8.00. The highest BCUT2D eigenvalue weighted by atomic mass is 32.2. The van der Waals surface area contributed by atoms with Gasteiger partial charge in [-0.1, -0.05) is 48.5 Å². The van der Waals surface area contributed by atoms with Crippen LogP contribution in [-0.2, 0) is 10.3 Å². The highest BCUT2D eigenvalue weighted by Gasteiger charge is 2.56. The normalized spacial score (nSPS) is 26.8. The van der Waals surface area contributed by atoms with Gasteiger partial charge in [-0.25, -0.2) is 13.2 Å². The Bertz CT molecular complexity index is 906. The van der Waals surface area contributed by atoms with Crippen molar-refractivity contribution in [2.24, 2.45) is 10.9 Å². The lowest BCUT2D eigenvalue weighted by atomic mass is 9.78. The molecule has 146 valence electrons. The number of hydrogen-bond donors (Lipinski definition) is 0. The SMILES string of the molecule is O=C(CC1=N[C@@]2(c3ccccc3F)CO[C@H](C(F)F)[C@H]2CS1)c1ccccc1. The molecule has 1 saturated heterocycles. The molecule has 0 amide bonds. The zero-order chi connectivity index (χ0) is 19.7. The van der Waals surface area contributed by atoms with Crippen LogP contribution in [0.3, 0.4) is 0 Å². The number of rotatable bonds is 5. The standard InChI is InChI=1S/C21H18F3NO2S/c22-16-9-5-4-8-14(16)21-12-27-19(20(23)24)15(21)11-28-18(25-21)10-17(26)13-6-2-1-3-7-13/h1-9,15,19-20H,10-12H2/t15-,19+,21-/m1/s1. The van der Waals surface area contributed by atoms with E-state index in [1.165, 1.54) is 17.8 Å². The summed E-state index contributed by atoms with van der Waals surface area (Å²) >= 11 is 1.28. The Kier molecular flexibility index (Phi) is 5.29. The van der Waals surface area contributed by atoms with Crippen LogP contribution in [-0.4, -0.2) is 35.7 Å². The topological polar surface area (TPSA) is 38.7 Å². The lowest BCUT2D eigenvalue weighted by Crippen LogP contribution is -2.42. The number of ether oxygens (including phenoxy) is 1. The van der Waals surface area contributed by atoms with Gasteiger partial charge >= 0.3 is 0 Å². The van der Waals surface area contributed by atoms with Crippen LogP contribution in [0.2, 0.25) is 0 Å². The van der Waals surface area contributed by atoms with Crippen molar-refractivity contribution >= 4 is 22.6 Å². The van der Waals surface area contributed by atoms with Crippen LogP contribution >= 0.6 is 11.8 Å². The molecule has 4 rings (SSSR count). The Morgan fingerprint density at radius 2 is 1.89 bits per heavy atom. The van der Waals surface area contributed by atoms with Crippen molar-refractivity contribution in [3.8, 4) is 0 Å². The van der Waals surface area contributed by atoms with Crippen LogP contribution in [0.5, 0.6) is 0 Å². The summed E-state index contributed by atoms with van der Waals surface area (Å²) in [5.41, 5.74) is -0.432. The van der Waals surface area contributed by atoms with Gasteiger partial charge in [-0.05, 0) is 6.07 Å². The zero-order valence-electron chi connectivity index (χ0n) is 14.9. The van der Waals surface area contributed by atoms with Crippen molar-refractivity contribution in [3.63, 3.8) is 0 Å². The number of hydrogen-bond acceptors (Lipinski definition) is 4. The molecule has 2 aromatic rings. The lowest BCUT2D eigenvalue weighted by Gasteiger charge is -2.36.